The fourth-order valence-corrected chi connectivity index (χ4v) is 3.16. The molecular formula is C8H14O7P2. The van der Waals surface area contributed by atoms with Crippen LogP contribution in [0.25, 0.3) is 0 Å². The number of hydrogen-bond donors (Lipinski definition) is 3. The van der Waals surface area contributed by atoms with Crippen LogP contribution in [0.15, 0.2) is 23.8 Å². The molecule has 0 saturated heterocycles. The molecule has 0 spiro atoms. The van der Waals surface area contributed by atoms with E-state index in [1.165, 1.54) is 13.0 Å². The van der Waals surface area contributed by atoms with Gasteiger partial charge in [-0.25, -0.2) is 9.13 Å². The zero-order valence-corrected chi connectivity index (χ0v) is 11.1. The van der Waals surface area contributed by atoms with E-state index >= 15 is 0 Å². The van der Waals surface area contributed by atoms with Crippen LogP contribution in [-0.2, 0) is 18.0 Å². The van der Waals surface area contributed by atoms with Crippen molar-refractivity contribution in [1.82, 2.24) is 0 Å². The first-order valence-corrected chi connectivity index (χ1v) is 7.70. The van der Waals surface area contributed by atoms with Gasteiger partial charge in [0.1, 0.15) is 0 Å². The van der Waals surface area contributed by atoms with Crippen LogP contribution in [0.3, 0.4) is 0 Å². The van der Waals surface area contributed by atoms with Gasteiger partial charge >= 0.3 is 15.6 Å². The number of phosphoric acid groups is 2. The first-order chi connectivity index (χ1) is 7.52. The molecule has 98 valence electrons. The lowest BCUT2D eigenvalue weighted by molar-refractivity contribution is 0.0871. The Kier molecular flexibility index (Phi) is 4.16. The Morgan fingerprint density at radius 2 is 1.94 bits per heavy atom. The molecule has 2 unspecified atom stereocenters. The molecule has 0 saturated carbocycles. The van der Waals surface area contributed by atoms with Crippen LogP contribution in [0, 0.1) is 0 Å². The number of hydrogen-bond acceptors (Lipinski definition) is 4. The summed E-state index contributed by atoms with van der Waals surface area (Å²) in [6, 6.07) is 0. The van der Waals surface area contributed by atoms with Crippen molar-refractivity contribution in [2.75, 3.05) is 0 Å². The predicted molar refractivity (Wildman–Crippen MR) is 60.0 cm³/mol. The summed E-state index contributed by atoms with van der Waals surface area (Å²) in [6.45, 7) is 3.36. The normalized spacial score (nSPS) is 28.6. The third-order valence-corrected chi connectivity index (χ3v) is 4.39. The molecule has 3 N–H and O–H groups in total. The van der Waals surface area contributed by atoms with Gasteiger partial charge in [-0.1, -0.05) is 23.8 Å². The van der Waals surface area contributed by atoms with E-state index in [1.54, 1.807) is 12.2 Å². The van der Waals surface area contributed by atoms with Gasteiger partial charge in [-0.3, -0.25) is 4.52 Å². The van der Waals surface area contributed by atoms with Crippen LogP contribution in [0.2, 0.25) is 0 Å². The lowest BCUT2D eigenvalue weighted by Gasteiger charge is -2.29. The Labute approximate surface area is 98.6 Å². The second kappa shape index (κ2) is 4.78. The molecule has 0 aromatic carbocycles. The van der Waals surface area contributed by atoms with Gasteiger partial charge in [0.15, 0.2) is 0 Å². The van der Waals surface area contributed by atoms with Gasteiger partial charge in [0.25, 0.3) is 0 Å². The zero-order chi connectivity index (χ0) is 13.3. The average molecular weight is 284 g/mol. The second-order valence-electron chi connectivity index (χ2n) is 3.93. The molecular weight excluding hydrogens is 270 g/mol. The van der Waals surface area contributed by atoms with Gasteiger partial charge in [-0.05, 0) is 20.3 Å². The maximum Gasteiger partial charge on any atom is 0.481 e. The third-order valence-electron chi connectivity index (χ3n) is 2.06. The second-order valence-corrected chi connectivity index (χ2v) is 6.68. The summed E-state index contributed by atoms with van der Waals surface area (Å²) in [5.74, 6) is 0. The van der Waals surface area contributed by atoms with Gasteiger partial charge in [0.05, 0.1) is 5.60 Å². The van der Waals surface area contributed by atoms with E-state index in [-0.39, 0.29) is 0 Å². The smallest absolute Gasteiger partial charge is 0.302 e. The van der Waals surface area contributed by atoms with Crippen molar-refractivity contribution in [1.29, 1.82) is 0 Å². The summed E-state index contributed by atoms with van der Waals surface area (Å²) in [5.41, 5.74) is -0.159. The number of phosphoric ester groups is 1. The minimum Gasteiger partial charge on any atom is -0.302 e. The minimum atomic E-state index is -5.07. The highest BCUT2D eigenvalue weighted by atomic mass is 31.3. The first-order valence-electron chi connectivity index (χ1n) is 4.68. The Bertz CT molecular complexity index is 449. The van der Waals surface area contributed by atoms with Crippen molar-refractivity contribution < 1.29 is 32.6 Å². The highest BCUT2D eigenvalue weighted by molar-refractivity contribution is 7.60. The largest absolute Gasteiger partial charge is 0.481 e. The fraction of sp³-hybridized carbons (Fsp3) is 0.500. The van der Waals surface area contributed by atoms with Gasteiger partial charge in [0, 0.05) is 0 Å². The van der Waals surface area contributed by atoms with Crippen molar-refractivity contribution in [2.24, 2.45) is 0 Å². The van der Waals surface area contributed by atoms with E-state index in [4.69, 9.17) is 14.3 Å². The molecule has 0 aromatic rings. The lowest BCUT2D eigenvalue weighted by Crippen LogP contribution is -2.25. The van der Waals surface area contributed by atoms with E-state index in [2.05, 4.69) is 4.31 Å². The fourth-order valence-electron chi connectivity index (χ4n) is 1.29. The predicted octanol–water partition coefficient (Wildman–Crippen LogP) is 1.88. The van der Waals surface area contributed by atoms with Crippen molar-refractivity contribution >= 4 is 15.6 Å². The van der Waals surface area contributed by atoms with E-state index in [0.29, 0.717) is 6.42 Å². The topological polar surface area (TPSA) is 113 Å². The standard InChI is InChI=1S/C8H14O7P2/c1-7-3-5-8(2,6-4-7)14-17(12,13)15-16(9,10)11/h3-5H,6H2,1-2H3,(H,12,13)(H2,9,10,11). The molecule has 0 bridgehead atoms. The van der Waals surface area contributed by atoms with E-state index in [9.17, 15) is 14.0 Å². The summed E-state index contributed by atoms with van der Waals surface area (Å²) in [7, 11) is -9.89. The molecule has 1 aliphatic rings. The highest BCUT2D eigenvalue weighted by Crippen LogP contribution is 2.60. The summed E-state index contributed by atoms with van der Waals surface area (Å²) < 4.78 is 30.3. The molecule has 0 aliphatic heterocycles. The van der Waals surface area contributed by atoms with Crippen LogP contribution >= 0.6 is 15.6 Å². The van der Waals surface area contributed by atoms with Crippen LogP contribution in [0.1, 0.15) is 20.3 Å². The molecule has 0 aromatic heterocycles. The van der Waals surface area contributed by atoms with Crippen molar-refractivity contribution in [3.63, 3.8) is 0 Å². The number of rotatable bonds is 4. The van der Waals surface area contributed by atoms with E-state index in [1.807, 2.05) is 6.92 Å². The van der Waals surface area contributed by atoms with Gasteiger partial charge < -0.3 is 14.7 Å². The first kappa shape index (κ1) is 14.8. The maximum atomic E-state index is 11.3. The Hall–Kier alpha value is -0.260. The Balaban J connectivity index is 2.75. The average Bonchev–Trinajstić information content (AvgIpc) is 2.05. The monoisotopic (exact) mass is 284 g/mol. The van der Waals surface area contributed by atoms with Crippen molar-refractivity contribution in [2.45, 2.75) is 25.9 Å². The van der Waals surface area contributed by atoms with E-state index in [0.717, 1.165) is 5.57 Å². The molecule has 0 amide bonds. The number of allylic oxidation sites excluding steroid dienone is 2. The molecule has 1 aliphatic carbocycles. The summed E-state index contributed by atoms with van der Waals surface area (Å²) in [6.07, 6.45) is 5.30. The van der Waals surface area contributed by atoms with E-state index < -0.39 is 21.2 Å². The SMILES string of the molecule is CC1=CCC(C)(OP(=O)(O)OP(=O)(O)O)C=C1. The summed E-state index contributed by atoms with van der Waals surface area (Å²) in [5, 5.41) is 0. The third kappa shape index (κ3) is 5.27. The molecule has 9 heteroatoms. The molecule has 1 rings (SSSR count). The Morgan fingerprint density at radius 3 is 2.35 bits per heavy atom. The molecule has 2 atom stereocenters. The lowest BCUT2D eigenvalue weighted by atomic mass is 9.95. The Morgan fingerprint density at radius 1 is 1.35 bits per heavy atom. The maximum absolute atomic E-state index is 11.3. The van der Waals surface area contributed by atoms with Crippen molar-refractivity contribution in [3.05, 3.63) is 23.8 Å². The molecule has 0 radical (unpaired) electrons. The minimum absolute atomic E-state index is 0.310. The molecule has 7 nitrogen and oxygen atoms in total. The van der Waals surface area contributed by atoms with Crippen LogP contribution in [-0.4, -0.2) is 20.3 Å². The molecule has 17 heavy (non-hydrogen) atoms. The zero-order valence-electron chi connectivity index (χ0n) is 9.31. The summed E-state index contributed by atoms with van der Waals surface area (Å²) >= 11 is 0. The quantitative estimate of drug-likeness (QED) is 0.675. The van der Waals surface area contributed by atoms with Crippen molar-refractivity contribution in [3.8, 4) is 0 Å². The van der Waals surface area contributed by atoms with Crippen LogP contribution in [0.5, 0.6) is 0 Å². The van der Waals surface area contributed by atoms with Gasteiger partial charge in [-0.15, -0.1) is 0 Å². The molecule has 0 heterocycles. The molecule has 0 fully saturated rings. The highest BCUT2D eigenvalue weighted by Gasteiger charge is 2.39. The van der Waals surface area contributed by atoms with Crippen LogP contribution < -0.4 is 0 Å². The van der Waals surface area contributed by atoms with Gasteiger partial charge in [0.2, 0.25) is 0 Å². The van der Waals surface area contributed by atoms with Gasteiger partial charge in [-0.2, -0.15) is 4.31 Å². The van der Waals surface area contributed by atoms with Crippen LogP contribution in [0.4, 0.5) is 0 Å². The summed E-state index contributed by atoms with van der Waals surface area (Å²) in [4.78, 5) is 26.1.